The van der Waals surface area contributed by atoms with Crippen molar-refractivity contribution in [3.63, 3.8) is 0 Å². The van der Waals surface area contributed by atoms with Crippen LogP contribution in [0.15, 0.2) is 32.6 Å². The molecule has 2 saturated carbocycles. The van der Waals surface area contributed by atoms with Crippen molar-refractivity contribution in [3.8, 4) is 0 Å². The van der Waals surface area contributed by atoms with Gasteiger partial charge in [-0.25, -0.2) is 13.9 Å². The summed E-state index contributed by atoms with van der Waals surface area (Å²) >= 11 is 0. The second-order valence-corrected chi connectivity index (χ2v) is 11.5. The summed E-state index contributed by atoms with van der Waals surface area (Å²) in [6.45, 7) is 3.30. The molecule has 13 heteroatoms. The molecule has 0 radical (unpaired) electrons. The molecule has 0 unspecified atom stereocenters. The topological polar surface area (TPSA) is 136 Å². The Morgan fingerprint density at radius 1 is 1.00 bits per heavy atom. The van der Waals surface area contributed by atoms with Gasteiger partial charge in [-0.05, 0) is 57.2 Å². The highest BCUT2D eigenvalue weighted by molar-refractivity contribution is 7.87. The summed E-state index contributed by atoms with van der Waals surface area (Å²) in [5.74, 6) is -0.455. The molecular formula is C24H29FN6O5S. The van der Waals surface area contributed by atoms with Gasteiger partial charge in [-0.15, -0.1) is 0 Å². The van der Waals surface area contributed by atoms with E-state index in [9.17, 15) is 27.2 Å². The summed E-state index contributed by atoms with van der Waals surface area (Å²) in [6, 6.07) is 3.49. The van der Waals surface area contributed by atoms with Gasteiger partial charge in [0.05, 0.1) is 11.2 Å². The third-order valence-corrected chi connectivity index (χ3v) is 8.42. The van der Waals surface area contributed by atoms with Gasteiger partial charge in [-0.1, -0.05) is 6.07 Å². The van der Waals surface area contributed by atoms with Crippen molar-refractivity contribution in [2.75, 3.05) is 12.4 Å². The number of aryl methyl sites for hydroxylation is 2. The van der Waals surface area contributed by atoms with E-state index in [0.29, 0.717) is 31.2 Å². The SMILES string of the molecule is CNS(=O)(=O)NC1CC(n2c(=O)n(C3CC3)c(=O)c3c(Nc4ccc(C)cc4F)n(C)c(=O)c(C)c32)C1. The van der Waals surface area contributed by atoms with Gasteiger partial charge in [0.2, 0.25) is 0 Å². The maximum Gasteiger partial charge on any atom is 0.332 e. The highest BCUT2D eigenvalue weighted by Crippen LogP contribution is 2.37. The van der Waals surface area contributed by atoms with E-state index in [-0.39, 0.29) is 34.0 Å². The lowest BCUT2D eigenvalue weighted by Crippen LogP contribution is -2.51. The van der Waals surface area contributed by atoms with Crippen molar-refractivity contribution in [2.24, 2.45) is 7.05 Å². The number of rotatable bonds is 7. The van der Waals surface area contributed by atoms with Crippen LogP contribution < -0.4 is 31.6 Å². The molecule has 198 valence electrons. The third-order valence-electron chi connectivity index (χ3n) is 7.23. The second-order valence-electron chi connectivity index (χ2n) is 9.88. The Morgan fingerprint density at radius 3 is 2.27 bits per heavy atom. The lowest BCUT2D eigenvalue weighted by atomic mass is 9.87. The molecule has 11 nitrogen and oxygen atoms in total. The number of fused-ring (bicyclic) bond motifs is 1. The monoisotopic (exact) mass is 532 g/mol. The number of nitrogens with zero attached hydrogens (tertiary/aromatic N) is 3. The minimum absolute atomic E-state index is 0.0889. The van der Waals surface area contributed by atoms with Gasteiger partial charge in [-0.2, -0.15) is 13.1 Å². The first kappa shape index (κ1) is 25.4. The maximum atomic E-state index is 14.8. The number of halogens is 1. The van der Waals surface area contributed by atoms with Gasteiger partial charge in [0.25, 0.3) is 21.3 Å². The molecule has 3 aromatic rings. The highest BCUT2D eigenvalue weighted by atomic mass is 32.2. The van der Waals surface area contributed by atoms with Crippen LogP contribution in [0.4, 0.5) is 15.9 Å². The number of nitrogens with one attached hydrogen (secondary N) is 3. The van der Waals surface area contributed by atoms with Crippen LogP contribution in [0.1, 0.15) is 48.9 Å². The van der Waals surface area contributed by atoms with Crippen LogP contribution in [-0.4, -0.2) is 35.2 Å². The predicted molar refractivity (Wildman–Crippen MR) is 138 cm³/mol. The van der Waals surface area contributed by atoms with E-state index in [2.05, 4.69) is 14.8 Å². The summed E-state index contributed by atoms with van der Waals surface area (Å²) in [5, 5.41) is 3.05. The average molecular weight is 533 g/mol. The Kier molecular flexibility index (Phi) is 6.12. The number of aromatic nitrogens is 3. The zero-order valence-corrected chi connectivity index (χ0v) is 21.8. The number of hydrogen-bond acceptors (Lipinski definition) is 6. The van der Waals surface area contributed by atoms with Crippen LogP contribution in [0.2, 0.25) is 0 Å². The van der Waals surface area contributed by atoms with Gasteiger partial charge in [0, 0.05) is 37.8 Å². The molecule has 0 bridgehead atoms. The minimum atomic E-state index is -3.67. The first-order valence-electron chi connectivity index (χ1n) is 12.1. The second kappa shape index (κ2) is 8.92. The zero-order valence-electron chi connectivity index (χ0n) is 21.0. The zero-order chi connectivity index (χ0) is 26.8. The van der Waals surface area contributed by atoms with Crippen molar-refractivity contribution in [3.05, 3.63) is 66.3 Å². The summed E-state index contributed by atoms with van der Waals surface area (Å²) in [4.78, 5) is 40.7. The van der Waals surface area contributed by atoms with E-state index >= 15 is 0 Å². The molecule has 5 rings (SSSR count). The van der Waals surface area contributed by atoms with E-state index in [4.69, 9.17) is 0 Å². The lowest BCUT2D eigenvalue weighted by molar-refractivity contribution is 0.244. The Hall–Kier alpha value is -3.29. The number of hydrogen-bond donors (Lipinski definition) is 3. The molecule has 0 atom stereocenters. The fourth-order valence-corrected chi connectivity index (χ4v) is 5.76. The molecule has 0 saturated heterocycles. The van der Waals surface area contributed by atoms with Crippen LogP contribution >= 0.6 is 0 Å². The average Bonchev–Trinajstić information content (AvgIpc) is 3.64. The summed E-state index contributed by atoms with van der Waals surface area (Å²) < 4.78 is 47.2. The van der Waals surface area contributed by atoms with E-state index in [1.165, 1.54) is 39.9 Å². The quantitative estimate of drug-likeness (QED) is 0.422. The molecule has 37 heavy (non-hydrogen) atoms. The largest absolute Gasteiger partial charge is 0.338 e. The van der Waals surface area contributed by atoms with Crippen LogP contribution in [0.5, 0.6) is 0 Å². The standard InChI is InChI=1S/C24H29FN6O5S/c1-12-5-8-18(17(25)9-12)27-21-19-20(13(2)22(32)29(21)4)30(24(34)31(23(19)33)15-6-7-15)16-10-14(11-16)28-37(35,36)26-3/h5,8-9,14-16,26-28H,6-7,10-11H2,1-4H3. The highest BCUT2D eigenvalue weighted by Gasteiger charge is 2.38. The summed E-state index contributed by atoms with van der Waals surface area (Å²) in [6.07, 6.45) is 1.97. The molecule has 2 aliphatic rings. The van der Waals surface area contributed by atoms with Crippen LogP contribution in [0.3, 0.4) is 0 Å². The molecule has 0 spiro atoms. The van der Waals surface area contributed by atoms with Crippen LogP contribution in [0.25, 0.3) is 10.9 Å². The van der Waals surface area contributed by atoms with Crippen LogP contribution in [-0.2, 0) is 17.3 Å². The lowest BCUT2D eigenvalue weighted by Gasteiger charge is -2.37. The van der Waals surface area contributed by atoms with Crippen molar-refractivity contribution in [1.82, 2.24) is 23.1 Å². The first-order valence-corrected chi connectivity index (χ1v) is 13.6. The van der Waals surface area contributed by atoms with E-state index in [1.54, 1.807) is 19.9 Å². The Labute approximate surface area is 212 Å². The van der Waals surface area contributed by atoms with Gasteiger partial charge in [-0.3, -0.25) is 23.3 Å². The van der Waals surface area contributed by atoms with Crippen molar-refractivity contribution >= 4 is 32.6 Å². The number of anilines is 2. The smallest absolute Gasteiger partial charge is 0.332 e. The molecule has 2 heterocycles. The molecule has 2 aromatic heterocycles. The molecule has 0 amide bonds. The minimum Gasteiger partial charge on any atom is -0.338 e. The number of pyridine rings is 1. The Morgan fingerprint density at radius 2 is 1.68 bits per heavy atom. The van der Waals surface area contributed by atoms with Crippen molar-refractivity contribution < 1.29 is 12.8 Å². The molecule has 1 aromatic carbocycles. The van der Waals surface area contributed by atoms with Gasteiger partial charge in [0.15, 0.2) is 0 Å². The third kappa shape index (κ3) is 4.30. The predicted octanol–water partition coefficient (Wildman–Crippen LogP) is 1.45. The van der Waals surface area contributed by atoms with Crippen LogP contribution in [0, 0.1) is 19.7 Å². The normalized spacial score (nSPS) is 19.7. The molecular weight excluding hydrogens is 503 g/mol. The molecule has 2 fully saturated rings. The summed E-state index contributed by atoms with van der Waals surface area (Å²) in [7, 11) is -0.877. The van der Waals surface area contributed by atoms with E-state index in [1.807, 2.05) is 0 Å². The van der Waals surface area contributed by atoms with Gasteiger partial charge < -0.3 is 5.32 Å². The van der Waals surface area contributed by atoms with Gasteiger partial charge >= 0.3 is 5.69 Å². The first-order chi connectivity index (χ1) is 17.4. The van der Waals surface area contributed by atoms with Crippen molar-refractivity contribution in [2.45, 2.75) is 57.7 Å². The summed E-state index contributed by atoms with van der Waals surface area (Å²) in [5.41, 5.74) is -0.308. The fourth-order valence-electron chi connectivity index (χ4n) is 5.01. The maximum absolute atomic E-state index is 14.8. The van der Waals surface area contributed by atoms with Gasteiger partial charge in [0.1, 0.15) is 17.0 Å². The fraction of sp³-hybridized carbons (Fsp3) is 0.458. The number of benzene rings is 1. The van der Waals surface area contributed by atoms with Crippen molar-refractivity contribution in [1.29, 1.82) is 0 Å². The van der Waals surface area contributed by atoms with E-state index < -0.39 is 44.9 Å². The Bertz CT molecular complexity index is 1710. The molecule has 0 aliphatic heterocycles. The Balaban J connectivity index is 1.73. The molecule has 2 aliphatic carbocycles. The van der Waals surface area contributed by atoms with E-state index in [0.717, 1.165) is 0 Å². The molecule has 3 N–H and O–H groups in total.